The predicted molar refractivity (Wildman–Crippen MR) is 88.8 cm³/mol. The van der Waals surface area contributed by atoms with Crippen LogP contribution in [0.15, 0.2) is 42.5 Å². The van der Waals surface area contributed by atoms with Gasteiger partial charge in [-0.05, 0) is 48.9 Å². The van der Waals surface area contributed by atoms with E-state index in [4.69, 9.17) is 22.7 Å². The minimum absolute atomic E-state index is 0.110. The molecule has 0 saturated carbocycles. The van der Waals surface area contributed by atoms with E-state index in [2.05, 4.69) is 18.9 Å². The molecule has 0 unspecified atom stereocenters. The average Bonchev–Trinajstić information content (AvgIpc) is 2.43. The van der Waals surface area contributed by atoms with Gasteiger partial charge in [-0.25, -0.2) is 0 Å². The van der Waals surface area contributed by atoms with Crippen LogP contribution < -0.4 is 5.73 Å². The number of benzene rings is 2. The van der Waals surface area contributed by atoms with Crippen LogP contribution >= 0.6 is 11.6 Å². The van der Waals surface area contributed by atoms with Crippen LogP contribution in [-0.4, -0.2) is 17.8 Å². The Morgan fingerprint density at radius 1 is 1.14 bits per heavy atom. The van der Waals surface area contributed by atoms with Gasteiger partial charge in [-0.2, -0.15) is 0 Å². The second kappa shape index (κ2) is 6.74. The largest absolute Gasteiger partial charge is 0.384 e. The van der Waals surface area contributed by atoms with E-state index in [1.807, 2.05) is 42.5 Å². The Labute approximate surface area is 130 Å². The molecule has 0 spiro atoms. The molecule has 0 bridgehead atoms. The third kappa shape index (κ3) is 4.31. The van der Waals surface area contributed by atoms with Gasteiger partial charge in [0.05, 0.1) is 0 Å². The maximum absolute atomic E-state index is 7.47. The fourth-order valence-corrected chi connectivity index (χ4v) is 2.41. The lowest BCUT2D eigenvalue weighted by Crippen LogP contribution is -2.18. The highest BCUT2D eigenvalue weighted by molar-refractivity contribution is 6.30. The minimum atomic E-state index is 0.110. The summed E-state index contributed by atoms with van der Waals surface area (Å²) in [6, 6.07) is 13.8. The zero-order chi connectivity index (χ0) is 15.4. The van der Waals surface area contributed by atoms with Gasteiger partial charge in [-0.3, -0.25) is 10.3 Å². The molecule has 3 N–H and O–H groups in total. The summed E-state index contributed by atoms with van der Waals surface area (Å²) in [7, 11) is 2.09. The number of aryl methyl sites for hydroxylation is 1. The number of hydrogen-bond acceptors (Lipinski definition) is 2. The average molecular weight is 302 g/mol. The molecule has 2 rings (SSSR count). The van der Waals surface area contributed by atoms with E-state index in [0.717, 1.165) is 29.2 Å². The van der Waals surface area contributed by atoms with Gasteiger partial charge in [-0.15, -0.1) is 0 Å². The van der Waals surface area contributed by atoms with Crippen LogP contribution in [0.25, 0.3) is 0 Å². The van der Waals surface area contributed by atoms with Gasteiger partial charge < -0.3 is 5.73 Å². The van der Waals surface area contributed by atoms with Gasteiger partial charge in [-0.1, -0.05) is 35.9 Å². The first-order valence-electron chi connectivity index (χ1n) is 6.82. The Morgan fingerprint density at radius 3 is 2.38 bits per heavy atom. The number of nitrogen functional groups attached to an aromatic ring is 1. The van der Waals surface area contributed by atoms with Gasteiger partial charge in [0.2, 0.25) is 0 Å². The van der Waals surface area contributed by atoms with Gasteiger partial charge >= 0.3 is 0 Å². The Morgan fingerprint density at radius 2 is 1.81 bits per heavy atom. The first kappa shape index (κ1) is 15.5. The van der Waals surface area contributed by atoms with Crippen molar-refractivity contribution in [3.63, 3.8) is 0 Å². The molecule has 0 aliphatic rings. The van der Waals surface area contributed by atoms with E-state index in [9.17, 15) is 0 Å². The Bertz CT molecular complexity index is 635. The van der Waals surface area contributed by atoms with Gasteiger partial charge in [0.15, 0.2) is 0 Å². The first-order valence-corrected chi connectivity index (χ1v) is 7.20. The second-order valence-electron chi connectivity index (χ2n) is 5.35. The molecule has 0 aliphatic heterocycles. The van der Waals surface area contributed by atoms with Crippen molar-refractivity contribution in [2.75, 3.05) is 7.05 Å². The van der Waals surface area contributed by atoms with E-state index < -0.39 is 0 Å². The predicted octanol–water partition coefficient (Wildman–Crippen LogP) is 3.56. The molecule has 0 saturated heterocycles. The standard InChI is InChI=1S/C17H20ClN3/c1-12-9-14(17(19)20)5-6-15(12)11-21(2)10-13-3-7-16(18)8-4-13/h3-9H,10-11H2,1-2H3,(H3,19,20). The van der Waals surface area contributed by atoms with Gasteiger partial charge in [0.1, 0.15) is 5.84 Å². The van der Waals surface area contributed by atoms with Crippen molar-refractivity contribution in [3.8, 4) is 0 Å². The third-order valence-electron chi connectivity index (χ3n) is 3.46. The highest BCUT2D eigenvalue weighted by Crippen LogP contribution is 2.15. The van der Waals surface area contributed by atoms with Crippen LogP contribution in [0.4, 0.5) is 0 Å². The van der Waals surface area contributed by atoms with Crippen molar-refractivity contribution in [1.82, 2.24) is 4.90 Å². The fraction of sp³-hybridized carbons (Fsp3) is 0.235. The quantitative estimate of drug-likeness (QED) is 0.655. The maximum atomic E-state index is 7.47. The minimum Gasteiger partial charge on any atom is -0.384 e. The van der Waals surface area contributed by atoms with Gasteiger partial charge in [0.25, 0.3) is 0 Å². The summed E-state index contributed by atoms with van der Waals surface area (Å²) < 4.78 is 0. The molecular formula is C17H20ClN3. The first-order chi connectivity index (χ1) is 9.95. The Kier molecular flexibility index (Phi) is 4.99. The normalized spacial score (nSPS) is 10.9. The van der Waals surface area contributed by atoms with Crippen LogP contribution in [0.5, 0.6) is 0 Å². The molecule has 0 aromatic heterocycles. The lowest BCUT2D eigenvalue weighted by atomic mass is 10.0. The Balaban J connectivity index is 2.04. The van der Waals surface area contributed by atoms with Crippen molar-refractivity contribution < 1.29 is 0 Å². The van der Waals surface area contributed by atoms with E-state index in [1.54, 1.807) is 0 Å². The third-order valence-corrected chi connectivity index (χ3v) is 3.71. The monoisotopic (exact) mass is 301 g/mol. The van der Waals surface area contributed by atoms with E-state index in [1.165, 1.54) is 11.1 Å². The highest BCUT2D eigenvalue weighted by atomic mass is 35.5. The molecular weight excluding hydrogens is 282 g/mol. The van der Waals surface area contributed by atoms with Crippen LogP contribution in [0.3, 0.4) is 0 Å². The summed E-state index contributed by atoms with van der Waals surface area (Å²) in [6.45, 7) is 3.77. The summed E-state index contributed by atoms with van der Waals surface area (Å²) in [4.78, 5) is 2.25. The van der Waals surface area contributed by atoms with Crippen molar-refractivity contribution >= 4 is 17.4 Å². The zero-order valence-corrected chi connectivity index (χ0v) is 13.1. The summed E-state index contributed by atoms with van der Waals surface area (Å²) in [6.07, 6.45) is 0. The topological polar surface area (TPSA) is 53.1 Å². The molecule has 2 aromatic rings. The lowest BCUT2D eigenvalue weighted by molar-refractivity contribution is 0.318. The number of amidine groups is 1. The molecule has 0 amide bonds. The summed E-state index contributed by atoms with van der Waals surface area (Å²) >= 11 is 5.90. The number of nitrogens with two attached hydrogens (primary N) is 1. The maximum Gasteiger partial charge on any atom is 0.122 e. The summed E-state index contributed by atoms with van der Waals surface area (Å²) in [5.74, 6) is 0.110. The SMILES string of the molecule is Cc1cc(C(=N)N)ccc1CN(C)Cc1ccc(Cl)cc1. The highest BCUT2D eigenvalue weighted by Gasteiger charge is 2.06. The summed E-state index contributed by atoms with van der Waals surface area (Å²) in [5, 5.41) is 8.23. The molecule has 0 radical (unpaired) electrons. The van der Waals surface area contributed by atoms with E-state index in [-0.39, 0.29) is 5.84 Å². The number of nitrogens with zero attached hydrogens (tertiary/aromatic N) is 1. The molecule has 0 fully saturated rings. The van der Waals surface area contributed by atoms with Crippen molar-refractivity contribution in [1.29, 1.82) is 5.41 Å². The molecule has 0 aliphatic carbocycles. The van der Waals surface area contributed by atoms with Crippen LogP contribution in [0.2, 0.25) is 5.02 Å². The second-order valence-corrected chi connectivity index (χ2v) is 5.79. The lowest BCUT2D eigenvalue weighted by Gasteiger charge is -2.18. The van der Waals surface area contributed by atoms with Crippen LogP contribution in [0, 0.1) is 12.3 Å². The van der Waals surface area contributed by atoms with Crippen molar-refractivity contribution in [3.05, 3.63) is 69.7 Å². The smallest absolute Gasteiger partial charge is 0.122 e. The number of halogens is 1. The molecule has 110 valence electrons. The van der Waals surface area contributed by atoms with Crippen LogP contribution in [0.1, 0.15) is 22.3 Å². The van der Waals surface area contributed by atoms with E-state index >= 15 is 0 Å². The molecule has 3 nitrogen and oxygen atoms in total. The Hall–Kier alpha value is -1.84. The fourth-order valence-electron chi connectivity index (χ4n) is 2.29. The number of hydrogen-bond donors (Lipinski definition) is 2. The molecule has 0 atom stereocenters. The van der Waals surface area contributed by atoms with Crippen molar-refractivity contribution in [2.24, 2.45) is 5.73 Å². The zero-order valence-electron chi connectivity index (χ0n) is 12.4. The molecule has 2 aromatic carbocycles. The molecule has 21 heavy (non-hydrogen) atoms. The molecule has 4 heteroatoms. The van der Waals surface area contributed by atoms with Crippen molar-refractivity contribution in [2.45, 2.75) is 20.0 Å². The number of nitrogens with one attached hydrogen (secondary N) is 1. The number of rotatable bonds is 5. The van der Waals surface area contributed by atoms with Gasteiger partial charge in [0, 0.05) is 23.7 Å². The van der Waals surface area contributed by atoms with E-state index in [0.29, 0.717) is 0 Å². The van der Waals surface area contributed by atoms with Crippen LogP contribution in [-0.2, 0) is 13.1 Å². The molecule has 0 heterocycles. The summed E-state index contributed by atoms with van der Waals surface area (Å²) in [5.41, 5.74) is 9.93.